The van der Waals surface area contributed by atoms with Crippen molar-refractivity contribution in [2.24, 2.45) is 29.6 Å². The molecule has 2 saturated carbocycles. The van der Waals surface area contributed by atoms with Gasteiger partial charge in [-0.15, -0.1) is 23.1 Å². The van der Waals surface area contributed by atoms with Gasteiger partial charge in [0, 0.05) is 31.6 Å². The van der Waals surface area contributed by atoms with Gasteiger partial charge in [0.2, 0.25) is 17.7 Å². The summed E-state index contributed by atoms with van der Waals surface area (Å²) >= 11 is 10.4. The lowest BCUT2D eigenvalue weighted by Gasteiger charge is -2.42. The van der Waals surface area contributed by atoms with E-state index in [1.165, 1.54) is 40.5 Å². The van der Waals surface area contributed by atoms with Crippen LogP contribution in [0.2, 0.25) is 5.02 Å². The number of thioether (sulfide) groups is 1. The molecule has 8 rings (SSSR count). The largest absolute Gasteiger partial charge is 0.325 e. The zero-order valence-electron chi connectivity index (χ0n) is 22.3. The minimum absolute atomic E-state index is 0.00958. The van der Waals surface area contributed by atoms with Crippen LogP contribution in [-0.2, 0) is 20.9 Å². The second-order valence-corrected chi connectivity index (χ2v) is 15.0. The highest BCUT2D eigenvalue weighted by atomic mass is 35.5. The van der Waals surface area contributed by atoms with Crippen molar-refractivity contribution in [2.75, 3.05) is 10.2 Å². The maximum atomic E-state index is 13.8. The number of thiophene rings is 1. The van der Waals surface area contributed by atoms with Crippen molar-refractivity contribution < 1.29 is 18.8 Å². The Hall–Kier alpha value is -3.25. The predicted molar refractivity (Wildman–Crippen MR) is 165 cm³/mol. The molecule has 218 valence electrons. The van der Waals surface area contributed by atoms with E-state index in [0.717, 1.165) is 21.2 Å². The first-order valence-electron chi connectivity index (χ1n) is 13.9. The van der Waals surface area contributed by atoms with Crippen LogP contribution in [0.15, 0.2) is 75.9 Å². The molecule has 2 aromatic carbocycles. The summed E-state index contributed by atoms with van der Waals surface area (Å²) in [6.07, 6.45) is 0.768. The number of carbonyl (C=O) groups excluding carboxylic acids is 3. The standard InChI is InChI=1S/C31H23ClFN3O4S3/c32-14-3-7-16(8-4-14)34-21(37)13-35-30-27(43-31(35)40)25(20-2-1-11-41-20)22-18-12-19(26(22)42-30)24-23(18)28(38)36(29(24)39)17-9-5-15(33)6-10-17/h1-11,18-19,22-26H,12-13H2,(H,34,37). The lowest BCUT2D eigenvalue weighted by molar-refractivity contribution is -0.123. The maximum Gasteiger partial charge on any atom is 0.308 e. The maximum absolute atomic E-state index is 13.8. The van der Waals surface area contributed by atoms with Gasteiger partial charge in [-0.1, -0.05) is 29.0 Å². The third-order valence-corrected chi connectivity index (χ3v) is 13.3. The molecule has 2 aliphatic heterocycles. The number of nitrogens with zero attached hydrogens (tertiary/aromatic N) is 2. The van der Waals surface area contributed by atoms with E-state index in [9.17, 15) is 23.6 Å². The Morgan fingerprint density at radius 3 is 2.40 bits per heavy atom. The summed E-state index contributed by atoms with van der Waals surface area (Å²) in [4.78, 5) is 57.2. The van der Waals surface area contributed by atoms with Gasteiger partial charge in [-0.05, 0) is 84.2 Å². The molecule has 2 aliphatic carbocycles. The van der Waals surface area contributed by atoms with E-state index in [0.29, 0.717) is 16.4 Å². The summed E-state index contributed by atoms with van der Waals surface area (Å²) < 4.78 is 15.2. The fourth-order valence-electron chi connectivity index (χ4n) is 7.76. The molecule has 3 amide bonds. The first-order chi connectivity index (χ1) is 20.8. The average Bonchev–Trinajstić information content (AvgIpc) is 3.81. The second kappa shape index (κ2) is 10.2. The number of rotatable bonds is 5. The number of halogens is 2. The van der Waals surface area contributed by atoms with Crippen LogP contribution in [0.5, 0.6) is 0 Å². The lowest BCUT2D eigenvalue weighted by atomic mass is 9.69. The average molecular weight is 652 g/mol. The SMILES string of the molecule is O=C(Cn1c2c(sc1=O)C(c1cccs1)C1C3CC(C1S2)C1C(=O)N(c2ccc(F)cc2)C(=O)C31)Nc1ccc(Cl)cc1. The Labute approximate surface area is 262 Å². The van der Waals surface area contributed by atoms with E-state index in [1.807, 2.05) is 11.4 Å². The quantitative estimate of drug-likeness (QED) is 0.264. The summed E-state index contributed by atoms with van der Waals surface area (Å²) in [7, 11) is 0. The number of nitrogens with one attached hydrogen (secondary N) is 1. The van der Waals surface area contributed by atoms with Crippen LogP contribution in [-0.4, -0.2) is 27.5 Å². The number of thiazole rings is 1. The summed E-state index contributed by atoms with van der Waals surface area (Å²) in [5.41, 5.74) is 0.986. The molecule has 1 saturated heterocycles. The van der Waals surface area contributed by atoms with Crippen molar-refractivity contribution in [3.8, 4) is 0 Å². The fraction of sp³-hybridized carbons (Fsp3) is 0.290. The summed E-state index contributed by atoms with van der Waals surface area (Å²) in [6.45, 7) is -0.134. The van der Waals surface area contributed by atoms with Crippen LogP contribution in [0.3, 0.4) is 0 Å². The second-order valence-electron chi connectivity index (χ2n) is 11.4. The van der Waals surface area contributed by atoms with E-state index in [2.05, 4.69) is 11.4 Å². The Balaban J connectivity index is 1.15. The van der Waals surface area contributed by atoms with Crippen molar-refractivity contribution >= 4 is 75.1 Å². The zero-order chi connectivity index (χ0) is 29.6. The molecule has 7 nitrogen and oxygen atoms in total. The van der Waals surface area contributed by atoms with Gasteiger partial charge in [0.25, 0.3) is 0 Å². The van der Waals surface area contributed by atoms with Crippen molar-refractivity contribution in [3.63, 3.8) is 0 Å². The summed E-state index contributed by atoms with van der Waals surface area (Å²) in [5, 5.41) is 6.21. The molecule has 4 heterocycles. The Bertz CT molecular complexity index is 1840. The van der Waals surface area contributed by atoms with Crippen molar-refractivity contribution in [3.05, 3.63) is 96.3 Å². The van der Waals surface area contributed by atoms with Crippen LogP contribution in [0.25, 0.3) is 0 Å². The molecule has 7 atom stereocenters. The van der Waals surface area contributed by atoms with Gasteiger partial charge >= 0.3 is 4.87 Å². The molecule has 1 N–H and O–H groups in total. The van der Waals surface area contributed by atoms with Crippen LogP contribution >= 0.6 is 46.0 Å². The molecule has 2 aromatic heterocycles. The van der Waals surface area contributed by atoms with E-state index < -0.39 is 17.7 Å². The van der Waals surface area contributed by atoms with Crippen LogP contribution in [0.1, 0.15) is 22.1 Å². The minimum Gasteiger partial charge on any atom is -0.325 e. The lowest BCUT2D eigenvalue weighted by Crippen LogP contribution is -2.43. The number of benzene rings is 2. The molecular weight excluding hydrogens is 629 g/mol. The van der Waals surface area contributed by atoms with Gasteiger partial charge in [0.15, 0.2) is 0 Å². The van der Waals surface area contributed by atoms with Gasteiger partial charge in [-0.25, -0.2) is 4.39 Å². The van der Waals surface area contributed by atoms with Gasteiger partial charge in [-0.3, -0.25) is 28.6 Å². The molecule has 2 bridgehead atoms. The number of fused-ring (bicyclic) bond motifs is 9. The molecule has 12 heteroatoms. The summed E-state index contributed by atoms with van der Waals surface area (Å²) in [6, 6.07) is 16.3. The van der Waals surface area contributed by atoms with Crippen LogP contribution in [0.4, 0.5) is 15.8 Å². The van der Waals surface area contributed by atoms with E-state index in [1.54, 1.807) is 51.9 Å². The fourth-order valence-corrected chi connectivity index (χ4v) is 12.0. The van der Waals surface area contributed by atoms with E-state index >= 15 is 0 Å². The highest BCUT2D eigenvalue weighted by molar-refractivity contribution is 8.00. The number of imide groups is 1. The molecular formula is C31H23ClFN3O4S3. The molecule has 3 fully saturated rings. The first-order valence-corrected chi connectivity index (χ1v) is 16.9. The highest BCUT2D eigenvalue weighted by Crippen LogP contribution is 2.69. The number of carbonyl (C=O) groups is 3. The molecule has 7 unspecified atom stereocenters. The van der Waals surface area contributed by atoms with Gasteiger partial charge < -0.3 is 5.32 Å². The van der Waals surface area contributed by atoms with Crippen LogP contribution in [0, 0.1) is 35.4 Å². The molecule has 4 aromatic rings. The summed E-state index contributed by atoms with van der Waals surface area (Å²) in [5.74, 6) is -2.16. The number of amides is 3. The van der Waals surface area contributed by atoms with E-state index in [4.69, 9.17) is 11.6 Å². The highest BCUT2D eigenvalue weighted by Gasteiger charge is 2.70. The van der Waals surface area contributed by atoms with Gasteiger partial charge in [-0.2, -0.15) is 0 Å². The molecule has 4 aliphatic rings. The Morgan fingerprint density at radius 2 is 1.70 bits per heavy atom. The topological polar surface area (TPSA) is 88.5 Å². The normalized spacial score (nSPS) is 28.6. The van der Waals surface area contributed by atoms with Crippen LogP contribution < -0.4 is 15.1 Å². The third kappa shape index (κ3) is 4.19. The number of anilines is 2. The number of aromatic nitrogens is 1. The minimum atomic E-state index is -0.450. The Morgan fingerprint density at radius 1 is 0.977 bits per heavy atom. The van der Waals surface area contributed by atoms with Crippen molar-refractivity contribution in [1.82, 2.24) is 4.57 Å². The van der Waals surface area contributed by atoms with Gasteiger partial charge in [0.1, 0.15) is 12.4 Å². The first kappa shape index (κ1) is 27.3. The van der Waals surface area contributed by atoms with Crippen molar-refractivity contribution in [2.45, 2.75) is 29.2 Å². The molecule has 0 radical (unpaired) electrons. The van der Waals surface area contributed by atoms with Gasteiger partial charge in [0.05, 0.1) is 22.5 Å². The zero-order valence-corrected chi connectivity index (χ0v) is 25.5. The third-order valence-electron chi connectivity index (χ3n) is 9.31. The smallest absolute Gasteiger partial charge is 0.308 e. The monoisotopic (exact) mass is 651 g/mol. The van der Waals surface area contributed by atoms with E-state index in [-0.39, 0.29) is 58.1 Å². The Kier molecular flexibility index (Phi) is 6.45. The molecule has 43 heavy (non-hydrogen) atoms. The number of hydrogen-bond acceptors (Lipinski definition) is 7. The van der Waals surface area contributed by atoms with Crippen molar-refractivity contribution in [1.29, 1.82) is 0 Å². The number of hydrogen-bond donors (Lipinski definition) is 1. The predicted octanol–water partition coefficient (Wildman–Crippen LogP) is 6.08. The molecule has 0 spiro atoms.